The highest BCUT2D eigenvalue weighted by atomic mass is 19.3. The number of halogens is 2. The number of alkyl halides is 2. The number of nitrogens with zero attached hydrogens (tertiary/aromatic N) is 3. The first-order valence-corrected chi connectivity index (χ1v) is 11.0. The van der Waals surface area contributed by atoms with Crippen molar-refractivity contribution in [2.24, 2.45) is 17.8 Å². The minimum Gasteiger partial charge on any atom is -0.461 e. The Kier molecular flexibility index (Phi) is 5.83. The summed E-state index contributed by atoms with van der Waals surface area (Å²) in [5, 5.41) is 9.32. The van der Waals surface area contributed by atoms with Crippen molar-refractivity contribution in [3.8, 4) is 17.2 Å². The number of fused-ring (bicyclic) bond motifs is 1. The zero-order valence-electron chi connectivity index (χ0n) is 19.1. The monoisotopic (exact) mass is 451 g/mol. The average Bonchev–Trinajstić information content (AvgIpc) is 3.04. The Hall–Kier alpha value is -3.11. The maximum atomic E-state index is 15.1. The number of benzene rings is 1. The fraction of sp³-hybridized carbons (Fsp3) is 0.423. The van der Waals surface area contributed by atoms with Gasteiger partial charge in [-0.1, -0.05) is 37.3 Å². The van der Waals surface area contributed by atoms with Crippen molar-refractivity contribution in [3.05, 3.63) is 59.9 Å². The quantitative estimate of drug-likeness (QED) is 0.626. The van der Waals surface area contributed by atoms with E-state index in [0.29, 0.717) is 11.3 Å². The number of nitriles is 1. The number of aromatic nitrogens is 1. The predicted octanol–water partition coefficient (Wildman–Crippen LogP) is 4.79. The maximum absolute atomic E-state index is 15.1. The highest BCUT2D eigenvalue weighted by Gasteiger charge is 2.69. The molecule has 1 aromatic carbocycles. The number of esters is 1. The van der Waals surface area contributed by atoms with Crippen molar-refractivity contribution >= 4 is 12.0 Å². The molecule has 0 radical (unpaired) electrons. The van der Waals surface area contributed by atoms with E-state index >= 15 is 8.78 Å². The summed E-state index contributed by atoms with van der Waals surface area (Å²) in [7, 11) is 3.33. The molecule has 1 aliphatic heterocycles. The number of pyridine rings is 1. The second-order valence-corrected chi connectivity index (χ2v) is 9.25. The Labute approximate surface area is 192 Å². The van der Waals surface area contributed by atoms with Crippen LogP contribution in [0.4, 0.5) is 8.78 Å². The van der Waals surface area contributed by atoms with E-state index in [1.165, 1.54) is 0 Å². The minimum absolute atomic E-state index is 0.396. The molecular formula is C26H27F2N3O2. The van der Waals surface area contributed by atoms with E-state index in [4.69, 9.17) is 4.74 Å². The number of rotatable bonds is 4. The number of cyclic esters (lactones) is 1. The van der Waals surface area contributed by atoms with Crippen LogP contribution in [0.25, 0.3) is 17.2 Å². The largest absolute Gasteiger partial charge is 0.461 e. The molecule has 2 unspecified atom stereocenters. The molecule has 0 N–H and O–H groups in total. The molecule has 0 bridgehead atoms. The van der Waals surface area contributed by atoms with Gasteiger partial charge in [-0.05, 0) is 45.1 Å². The Morgan fingerprint density at radius 1 is 1.21 bits per heavy atom. The third-order valence-corrected chi connectivity index (χ3v) is 7.30. The number of hydrogen-bond acceptors (Lipinski definition) is 5. The number of carbonyl (C=O) groups is 1. The fourth-order valence-electron chi connectivity index (χ4n) is 5.43. The van der Waals surface area contributed by atoms with E-state index < -0.39 is 47.7 Å². The van der Waals surface area contributed by atoms with Gasteiger partial charge in [-0.2, -0.15) is 5.26 Å². The number of hydrogen-bond donors (Lipinski definition) is 0. The lowest BCUT2D eigenvalue weighted by Gasteiger charge is -2.50. The first-order valence-electron chi connectivity index (χ1n) is 11.0. The smallest absolute Gasteiger partial charge is 0.327 e. The van der Waals surface area contributed by atoms with Gasteiger partial charge in [0, 0.05) is 35.6 Å². The van der Waals surface area contributed by atoms with Crippen molar-refractivity contribution in [1.82, 2.24) is 9.88 Å². The number of ether oxygens (including phenoxy) is 1. The van der Waals surface area contributed by atoms with Crippen molar-refractivity contribution < 1.29 is 18.3 Å². The van der Waals surface area contributed by atoms with Crippen molar-refractivity contribution in [2.75, 3.05) is 14.1 Å². The van der Waals surface area contributed by atoms with E-state index in [-0.39, 0.29) is 0 Å². The van der Waals surface area contributed by atoms with Gasteiger partial charge in [0.05, 0.1) is 17.3 Å². The molecule has 7 heteroatoms. The Bertz CT molecular complexity index is 1120. The summed E-state index contributed by atoms with van der Waals surface area (Å²) in [6, 6.07) is 13.1. The topological polar surface area (TPSA) is 66.2 Å². The molecule has 4 rings (SSSR count). The van der Waals surface area contributed by atoms with Crippen molar-refractivity contribution in [1.29, 1.82) is 5.26 Å². The molecule has 2 fully saturated rings. The number of likely N-dealkylation sites (N-methyl/N-ethyl adjacent to an activating group) is 1. The van der Waals surface area contributed by atoms with Crippen LogP contribution in [0.2, 0.25) is 0 Å². The summed E-state index contributed by atoms with van der Waals surface area (Å²) in [4.78, 5) is 18.8. The first-order chi connectivity index (χ1) is 15.6. The Morgan fingerprint density at radius 2 is 1.94 bits per heavy atom. The summed E-state index contributed by atoms with van der Waals surface area (Å²) in [5.74, 6) is -5.51. The third kappa shape index (κ3) is 3.72. The molecule has 1 saturated carbocycles. The van der Waals surface area contributed by atoms with Crippen LogP contribution in [0, 0.1) is 29.1 Å². The number of carbonyl (C=O) groups excluding carboxylic acids is 1. The zero-order valence-corrected chi connectivity index (χ0v) is 19.1. The van der Waals surface area contributed by atoms with E-state index in [9.17, 15) is 10.1 Å². The van der Waals surface area contributed by atoms with Gasteiger partial charge in [-0.15, -0.1) is 0 Å². The Morgan fingerprint density at radius 3 is 2.58 bits per heavy atom. The van der Waals surface area contributed by atoms with E-state index in [1.807, 2.05) is 18.2 Å². The van der Waals surface area contributed by atoms with E-state index in [0.717, 1.165) is 11.1 Å². The standard InChI is InChI=1S/C26H27F2N3O2/c1-16-21(23-17(2)33-24(32)25(23,31(3)4)15-26(16,27)28)12-11-20-10-9-19(14-30-20)22-8-6-5-7-18(22)13-29/h5-12,14,16-17,21,23H,15H2,1-4H3/b12-11+/t16?,17-,21+,23?,25+/m1/s1. The zero-order chi connectivity index (χ0) is 24.0. The summed E-state index contributed by atoms with van der Waals surface area (Å²) < 4.78 is 35.7. The third-order valence-electron chi connectivity index (χ3n) is 7.30. The predicted molar refractivity (Wildman–Crippen MR) is 121 cm³/mol. The molecule has 0 spiro atoms. The van der Waals surface area contributed by atoms with Crippen LogP contribution in [0.1, 0.15) is 31.5 Å². The highest BCUT2D eigenvalue weighted by molar-refractivity contribution is 5.84. The average molecular weight is 452 g/mol. The molecule has 2 aromatic rings. The minimum atomic E-state index is -3.02. The van der Waals surface area contributed by atoms with Gasteiger partial charge < -0.3 is 4.74 Å². The van der Waals surface area contributed by atoms with Crippen LogP contribution >= 0.6 is 0 Å². The molecule has 2 aliphatic rings. The lowest BCUT2D eigenvalue weighted by atomic mass is 9.60. The van der Waals surface area contributed by atoms with E-state index in [2.05, 4.69) is 11.1 Å². The second kappa shape index (κ2) is 8.35. The fourth-order valence-corrected chi connectivity index (χ4v) is 5.43. The highest BCUT2D eigenvalue weighted by Crippen LogP contribution is 2.56. The van der Waals surface area contributed by atoms with E-state index in [1.54, 1.807) is 69.4 Å². The van der Waals surface area contributed by atoms with Crippen LogP contribution in [0.15, 0.2) is 48.7 Å². The number of allylic oxidation sites excluding steroid dienone is 1. The van der Waals surface area contributed by atoms with Gasteiger partial charge in [-0.25, -0.2) is 8.78 Å². The molecule has 33 heavy (non-hydrogen) atoms. The van der Waals surface area contributed by atoms with Crippen LogP contribution in [-0.4, -0.2) is 47.5 Å². The molecule has 1 aromatic heterocycles. The van der Waals surface area contributed by atoms with Gasteiger partial charge in [0.15, 0.2) is 0 Å². The lowest BCUT2D eigenvalue weighted by Crippen LogP contribution is -2.64. The summed E-state index contributed by atoms with van der Waals surface area (Å²) >= 11 is 0. The second-order valence-electron chi connectivity index (χ2n) is 9.25. The summed E-state index contributed by atoms with van der Waals surface area (Å²) in [6.45, 7) is 3.32. The van der Waals surface area contributed by atoms with Crippen molar-refractivity contribution in [3.63, 3.8) is 0 Å². The molecule has 5 nitrogen and oxygen atoms in total. The Balaban J connectivity index is 1.66. The molecular weight excluding hydrogens is 424 g/mol. The van der Waals surface area contributed by atoms with Crippen LogP contribution in [0.5, 0.6) is 0 Å². The SMILES string of the molecule is CC1[C@H](/C=C/c2ccc(-c3ccccc3C#N)cn2)C2[C@@H](C)OC(=O)[C@]2(N(C)C)CC1(F)F. The molecule has 5 atom stereocenters. The molecule has 2 heterocycles. The molecule has 172 valence electrons. The van der Waals surface area contributed by atoms with Gasteiger partial charge in [0.1, 0.15) is 11.6 Å². The molecule has 0 amide bonds. The van der Waals surface area contributed by atoms with Gasteiger partial charge in [-0.3, -0.25) is 14.7 Å². The molecule has 1 saturated heterocycles. The summed E-state index contributed by atoms with van der Waals surface area (Å²) in [5.41, 5.74) is 1.40. The normalized spacial score (nSPS) is 30.8. The molecule has 1 aliphatic carbocycles. The van der Waals surface area contributed by atoms with Gasteiger partial charge in [0.2, 0.25) is 0 Å². The maximum Gasteiger partial charge on any atom is 0.327 e. The first kappa shape index (κ1) is 23.1. The van der Waals surface area contributed by atoms with Crippen LogP contribution < -0.4 is 0 Å². The van der Waals surface area contributed by atoms with Gasteiger partial charge in [0.25, 0.3) is 5.92 Å². The van der Waals surface area contributed by atoms with Gasteiger partial charge >= 0.3 is 5.97 Å². The van der Waals surface area contributed by atoms with Crippen LogP contribution in [0.3, 0.4) is 0 Å². The van der Waals surface area contributed by atoms with Crippen LogP contribution in [-0.2, 0) is 9.53 Å². The lowest BCUT2D eigenvalue weighted by molar-refractivity contribution is -0.173. The van der Waals surface area contributed by atoms with Crippen molar-refractivity contribution in [2.45, 2.75) is 37.8 Å². The summed E-state index contributed by atoms with van der Waals surface area (Å²) in [6.07, 6.45) is 4.15.